The predicted molar refractivity (Wildman–Crippen MR) is 223 cm³/mol. The molecule has 12 heteroatoms. The predicted octanol–water partition coefficient (Wildman–Crippen LogP) is 7.46. The molecule has 3 aliphatic rings. The quantitative estimate of drug-likeness (QED) is 0.0875. The van der Waals surface area contributed by atoms with E-state index in [2.05, 4.69) is 48.6 Å². The van der Waals surface area contributed by atoms with Crippen molar-refractivity contribution in [2.75, 3.05) is 19.6 Å². The lowest BCUT2D eigenvalue weighted by atomic mass is 9.80. The molecule has 1 aliphatic heterocycles. The molecule has 3 atom stereocenters. The van der Waals surface area contributed by atoms with Crippen molar-refractivity contribution in [2.24, 2.45) is 17.8 Å². The molecule has 0 radical (unpaired) electrons. The van der Waals surface area contributed by atoms with Crippen molar-refractivity contribution in [3.8, 4) is 0 Å². The Bertz CT molecular complexity index is 1180. The fourth-order valence-corrected chi connectivity index (χ4v) is 6.59. The maximum atomic E-state index is 12.9. The second-order valence-corrected chi connectivity index (χ2v) is 14.5. The maximum absolute atomic E-state index is 12.9. The average Bonchev–Trinajstić information content (AvgIpc) is 3.88. The number of rotatable bonds is 14. The first kappa shape index (κ1) is 52.6. The van der Waals surface area contributed by atoms with Crippen LogP contribution in [0.1, 0.15) is 150 Å². The van der Waals surface area contributed by atoms with Gasteiger partial charge in [-0.25, -0.2) is 0 Å². The zero-order valence-corrected chi connectivity index (χ0v) is 36.1. The van der Waals surface area contributed by atoms with Gasteiger partial charge in [0.15, 0.2) is 0 Å². The number of nitrogens with zero attached hydrogens (tertiary/aromatic N) is 1. The summed E-state index contributed by atoms with van der Waals surface area (Å²) in [6.07, 6.45) is 13.0. The van der Waals surface area contributed by atoms with E-state index in [1.807, 2.05) is 64.8 Å². The van der Waals surface area contributed by atoms with Crippen LogP contribution in [0.2, 0.25) is 0 Å². The third-order valence-corrected chi connectivity index (χ3v) is 9.60. The summed E-state index contributed by atoms with van der Waals surface area (Å²) in [6, 6.07) is 2.55. The van der Waals surface area contributed by atoms with Crippen LogP contribution in [-0.4, -0.2) is 78.5 Å². The Morgan fingerprint density at radius 3 is 1.96 bits per heavy atom. The summed E-state index contributed by atoms with van der Waals surface area (Å²) in [5.74, 6) is -0.330. The van der Waals surface area contributed by atoms with Crippen LogP contribution in [0.15, 0.2) is 30.2 Å². The van der Waals surface area contributed by atoms with Crippen LogP contribution in [0.4, 0.5) is 0 Å². The molecule has 1 saturated heterocycles. The molecule has 2 heterocycles. The van der Waals surface area contributed by atoms with E-state index in [1.54, 1.807) is 6.07 Å². The summed E-state index contributed by atoms with van der Waals surface area (Å²) in [7, 11) is 0. The van der Waals surface area contributed by atoms with Gasteiger partial charge >= 0.3 is 0 Å². The Labute approximate surface area is 331 Å². The summed E-state index contributed by atoms with van der Waals surface area (Å²) < 4.78 is 0. The Hall–Kier alpha value is -3.54. The van der Waals surface area contributed by atoms with Crippen molar-refractivity contribution in [1.82, 2.24) is 26.2 Å². The van der Waals surface area contributed by atoms with E-state index in [0.717, 1.165) is 70.3 Å². The molecule has 4 N–H and O–H groups in total. The fourth-order valence-electron chi connectivity index (χ4n) is 5.97. The van der Waals surface area contributed by atoms with Crippen molar-refractivity contribution in [3.63, 3.8) is 0 Å². The standard InChI is InChI=1S/C20H29N3O3S.C12H18N2O3.C4H10.3C2H6/c1-14-7-5-11-23(14)17(24)13-21-20(26)18(15-8-3-2-4-9-15)22-19(25)16-10-6-12-27-16;1-2-6-13-12(17)11(16)10(14-8-15)7-9-4-3-5-9;1-4(2)3;3*1-2/h6,10,12,14-15,18H,2-5,7-9,11,13H2,1H3,(H,21,26)(H,22,25);2,8-10H,1,3-7H2,(H,13,17)(H,14,15);4H,1-3H3;3*1-2H3. The molecule has 1 aromatic rings. The van der Waals surface area contributed by atoms with Gasteiger partial charge in [0, 0.05) is 19.1 Å². The summed E-state index contributed by atoms with van der Waals surface area (Å²) in [4.78, 5) is 73.8. The summed E-state index contributed by atoms with van der Waals surface area (Å²) >= 11 is 1.36. The van der Waals surface area contributed by atoms with Crippen molar-refractivity contribution in [2.45, 2.75) is 158 Å². The van der Waals surface area contributed by atoms with Gasteiger partial charge in [0.05, 0.1) is 17.5 Å². The lowest BCUT2D eigenvalue weighted by molar-refractivity contribution is -0.139. The molecular formula is C42H75N5O6S. The van der Waals surface area contributed by atoms with Crippen LogP contribution in [0.25, 0.3) is 0 Å². The van der Waals surface area contributed by atoms with Gasteiger partial charge in [-0.15, -0.1) is 17.9 Å². The van der Waals surface area contributed by atoms with Gasteiger partial charge in [0.25, 0.3) is 11.8 Å². The van der Waals surface area contributed by atoms with Crippen molar-refractivity contribution in [3.05, 3.63) is 35.0 Å². The Kier molecular flexibility index (Phi) is 32.0. The van der Waals surface area contributed by atoms with E-state index in [4.69, 9.17) is 0 Å². The number of ketones is 1. The topological polar surface area (TPSA) is 154 Å². The molecule has 2 saturated carbocycles. The number of nitrogens with one attached hydrogen (secondary N) is 4. The first-order chi connectivity index (χ1) is 26.0. The molecule has 4 rings (SSSR count). The SMILES string of the molecule is C=CCNC(=O)C(=O)C(CC1CCC1)NC=O.CC.CC.CC.CC(C)C.CC1CCCN1C(=O)CNC(=O)C(NC(=O)c1cccs1)C1CCCCC1. The van der Waals surface area contributed by atoms with Crippen molar-refractivity contribution >= 4 is 47.2 Å². The van der Waals surface area contributed by atoms with E-state index in [-0.39, 0.29) is 42.8 Å². The molecule has 1 aromatic heterocycles. The number of carbonyl (C=O) groups excluding carboxylic acids is 6. The van der Waals surface area contributed by atoms with Crippen LogP contribution in [0.5, 0.6) is 0 Å². The van der Waals surface area contributed by atoms with Gasteiger partial charge < -0.3 is 26.2 Å². The summed E-state index contributed by atoms with van der Waals surface area (Å²) in [5, 5.41) is 12.4. The van der Waals surface area contributed by atoms with Gasteiger partial charge in [-0.1, -0.05) is 113 Å². The molecule has 2 aliphatic carbocycles. The first-order valence-electron chi connectivity index (χ1n) is 20.5. The van der Waals surface area contributed by atoms with E-state index in [9.17, 15) is 28.8 Å². The maximum Gasteiger partial charge on any atom is 0.289 e. The molecule has 3 unspecified atom stereocenters. The molecule has 0 spiro atoms. The van der Waals surface area contributed by atoms with Crippen LogP contribution in [-0.2, 0) is 24.0 Å². The Balaban J connectivity index is 0. The Morgan fingerprint density at radius 1 is 0.889 bits per heavy atom. The monoisotopic (exact) mass is 778 g/mol. The van der Waals surface area contributed by atoms with E-state index >= 15 is 0 Å². The van der Waals surface area contributed by atoms with Gasteiger partial charge in [-0.3, -0.25) is 28.8 Å². The lowest BCUT2D eigenvalue weighted by Crippen LogP contribution is -2.53. The highest BCUT2D eigenvalue weighted by atomic mass is 32.1. The van der Waals surface area contributed by atoms with Crippen LogP contribution < -0.4 is 21.3 Å². The second kappa shape index (κ2) is 32.9. The third kappa shape index (κ3) is 21.4. The van der Waals surface area contributed by atoms with Crippen LogP contribution >= 0.6 is 11.3 Å². The van der Waals surface area contributed by atoms with Gasteiger partial charge in [-0.05, 0) is 68.2 Å². The lowest BCUT2D eigenvalue weighted by Gasteiger charge is -2.30. The van der Waals surface area contributed by atoms with E-state index in [1.165, 1.54) is 23.8 Å². The van der Waals surface area contributed by atoms with Gasteiger partial charge in [0.1, 0.15) is 6.04 Å². The number of thiophene rings is 1. The summed E-state index contributed by atoms with van der Waals surface area (Å²) in [5.41, 5.74) is 0. The highest BCUT2D eigenvalue weighted by Crippen LogP contribution is 2.30. The molecule has 5 amide bonds. The number of hydrogen-bond acceptors (Lipinski definition) is 7. The highest BCUT2D eigenvalue weighted by Gasteiger charge is 2.33. The molecule has 54 heavy (non-hydrogen) atoms. The zero-order chi connectivity index (χ0) is 41.5. The van der Waals surface area contributed by atoms with Crippen molar-refractivity contribution in [1.29, 1.82) is 0 Å². The first-order valence-corrected chi connectivity index (χ1v) is 21.4. The van der Waals surface area contributed by atoms with Gasteiger partial charge in [0.2, 0.25) is 24.0 Å². The summed E-state index contributed by atoms with van der Waals surface area (Å²) in [6.45, 7) is 25.0. The molecule has 3 fully saturated rings. The number of amides is 5. The Morgan fingerprint density at radius 2 is 1.50 bits per heavy atom. The average molecular weight is 778 g/mol. The third-order valence-electron chi connectivity index (χ3n) is 8.73. The smallest absolute Gasteiger partial charge is 0.289 e. The number of hydrogen-bond donors (Lipinski definition) is 4. The molecule has 11 nitrogen and oxygen atoms in total. The number of carbonyl (C=O) groups is 6. The minimum atomic E-state index is -0.692. The van der Waals surface area contributed by atoms with Crippen LogP contribution in [0.3, 0.4) is 0 Å². The number of Topliss-reactive ketones (excluding diaryl/α,β-unsaturated/α-hetero) is 1. The molecule has 310 valence electrons. The molecule has 0 bridgehead atoms. The van der Waals surface area contributed by atoms with Crippen LogP contribution in [0, 0.1) is 17.8 Å². The molecular weight excluding hydrogens is 703 g/mol. The fraction of sp³-hybridized carbons (Fsp3) is 0.714. The van der Waals surface area contributed by atoms with Crippen molar-refractivity contribution < 1.29 is 28.8 Å². The largest absolute Gasteiger partial charge is 0.348 e. The second-order valence-electron chi connectivity index (χ2n) is 13.6. The minimum Gasteiger partial charge on any atom is -0.348 e. The van der Waals surface area contributed by atoms with E-state index < -0.39 is 23.8 Å². The highest BCUT2D eigenvalue weighted by molar-refractivity contribution is 7.12. The molecule has 0 aromatic carbocycles. The number of likely N-dealkylation sites (tertiary alicyclic amines) is 1. The zero-order valence-electron chi connectivity index (χ0n) is 35.3. The van der Waals surface area contributed by atoms with Gasteiger partial charge in [-0.2, -0.15) is 0 Å². The normalized spacial score (nSPS) is 17.0. The minimum absolute atomic E-state index is 0.00126. The van der Waals surface area contributed by atoms with E-state index in [0.29, 0.717) is 23.6 Å².